The van der Waals surface area contributed by atoms with Crippen molar-refractivity contribution < 1.29 is 4.76 Å². The average Bonchev–Trinajstić information content (AvgIpc) is 3.17. The van der Waals surface area contributed by atoms with Crippen molar-refractivity contribution in [2.24, 2.45) is 4.99 Å². The maximum absolute atomic E-state index is 12.9. The fourth-order valence-electron chi connectivity index (χ4n) is 4.46. The molecule has 0 N–H and O–H groups in total. The molecule has 4 aliphatic rings. The lowest BCUT2D eigenvalue weighted by molar-refractivity contribution is -0.406. The molecule has 104 valence electrons. The van der Waals surface area contributed by atoms with Crippen LogP contribution in [0.1, 0.15) is 55.7 Å². The van der Waals surface area contributed by atoms with E-state index in [0.29, 0.717) is 0 Å². The fourth-order valence-corrected chi connectivity index (χ4v) is 4.46. The second-order valence-corrected chi connectivity index (χ2v) is 6.42. The largest absolute Gasteiger partial charge is 0.275 e. The Morgan fingerprint density at radius 2 is 2.05 bits per heavy atom. The van der Waals surface area contributed by atoms with Crippen molar-refractivity contribution in [1.82, 2.24) is 0 Å². The van der Waals surface area contributed by atoms with Gasteiger partial charge in [-0.1, -0.05) is 6.08 Å². The zero-order valence-electron chi connectivity index (χ0n) is 12.2. The van der Waals surface area contributed by atoms with Gasteiger partial charge in [-0.15, -0.1) is 0 Å². The van der Waals surface area contributed by atoms with Gasteiger partial charge in [0, 0.05) is 45.2 Å². The highest BCUT2D eigenvalue weighted by molar-refractivity contribution is 5.99. The third-order valence-electron chi connectivity index (χ3n) is 5.34. The van der Waals surface area contributed by atoms with Gasteiger partial charge in [0.25, 0.3) is 5.69 Å². The third kappa shape index (κ3) is 1.27. The first-order valence-corrected chi connectivity index (χ1v) is 7.91. The van der Waals surface area contributed by atoms with Crippen molar-refractivity contribution >= 4 is 29.2 Å². The first kappa shape index (κ1) is 11.6. The van der Waals surface area contributed by atoms with E-state index in [9.17, 15) is 4.91 Å². The van der Waals surface area contributed by atoms with Crippen LogP contribution in [-0.4, -0.2) is 11.0 Å². The predicted octanol–water partition coefficient (Wildman–Crippen LogP) is 2.68. The molecule has 0 bridgehead atoms. The Hall–Kier alpha value is -2.03. The van der Waals surface area contributed by atoms with Gasteiger partial charge in [-0.05, 0) is 44.2 Å². The number of hydrogen-bond acceptors (Lipinski definition) is 2. The summed E-state index contributed by atoms with van der Waals surface area (Å²) in [6.45, 7) is 2.08. The minimum Gasteiger partial charge on any atom is -0.260 e. The minimum atomic E-state index is 0.931. The molecule has 0 aromatic heterocycles. The zero-order valence-corrected chi connectivity index (χ0v) is 12.2. The Balaban J connectivity index is 1.99. The van der Waals surface area contributed by atoms with Crippen LogP contribution in [0.25, 0.3) is 17.3 Å². The van der Waals surface area contributed by atoms with E-state index in [2.05, 4.69) is 18.0 Å². The molecule has 0 fully saturated rings. The van der Waals surface area contributed by atoms with Crippen molar-refractivity contribution in [2.75, 3.05) is 0 Å². The van der Waals surface area contributed by atoms with E-state index in [1.165, 1.54) is 43.9 Å². The van der Waals surface area contributed by atoms with Gasteiger partial charge in [0.05, 0.1) is 10.3 Å². The van der Waals surface area contributed by atoms with Gasteiger partial charge in [-0.25, -0.2) is 0 Å². The summed E-state index contributed by atoms with van der Waals surface area (Å²) in [5.74, 6) is 0. The monoisotopic (exact) mass is 277 g/mol. The second kappa shape index (κ2) is 3.79. The summed E-state index contributed by atoms with van der Waals surface area (Å²) in [6, 6.07) is 0. The molecule has 2 aliphatic carbocycles. The molecule has 0 unspecified atom stereocenters. The van der Waals surface area contributed by atoms with Gasteiger partial charge in [-0.3, -0.25) is 4.99 Å². The number of allylic oxidation sites excluding steroid dienone is 2. The lowest BCUT2D eigenvalue weighted by Gasteiger charge is -2.09. The molecule has 21 heavy (non-hydrogen) atoms. The summed E-state index contributed by atoms with van der Waals surface area (Å²) in [5.41, 5.74) is 8.06. The summed E-state index contributed by atoms with van der Waals surface area (Å²) < 4.78 is 1.25. The molecule has 0 spiro atoms. The molecule has 5 rings (SSSR count). The number of aliphatic imine (C=N–C) groups is 1. The van der Waals surface area contributed by atoms with Crippen LogP contribution in [0.4, 0.5) is 5.69 Å². The molecular formula is C18H17N2O+. The summed E-state index contributed by atoms with van der Waals surface area (Å²) in [6.07, 6.45) is 10.6. The van der Waals surface area contributed by atoms with Crippen LogP contribution >= 0.6 is 0 Å². The first-order chi connectivity index (χ1) is 10.3. The van der Waals surface area contributed by atoms with E-state index in [1.54, 1.807) is 0 Å². The van der Waals surface area contributed by atoms with Gasteiger partial charge in [0.15, 0.2) is 0 Å². The molecule has 0 atom stereocenters. The number of nitrogens with zero attached hydrogens (tertiary/aromatic N) is 2. The van der Waals surface area contributed by atoms with E-state index in [1.807, 2.05) is 6.21 Å². The van der Waals surface area contributed by atoms with Crippen molar-refractivity contribution in [2.45, 2.75) is 45.4 Å². The Kier molecular flexibility index (Phi) is 2.09. The molecule has 2 heterocycles. The van der Waals surface area contributed by atoms with Gasteiger partial charge >= 0.3 is 0 Å². The molecule has 0 saturated carbocycles. The third-order valence-corrected chi connectivity index (χ3v) is 5.34. The first-order valence-electron chi connectivity index (χ1n) is 7.91. The van der Waals surface area contributed by atoms with E-state index in [-0.39, 0.29) is 0 Å². The zero-order chi connectivity index (χ0) is 14.1. The van der Waals surface area contributed by atoms with Crippen LogP contribution in [-0.2, 0) is 6.42 Å². The Bertz CT molecular complexity index is 916. The summed E-state index contributed by atoms with van der Waals surface area (Å²) >= 11 is 0. The van der Waals surface area contributed by atoms with Crippen LogP contribution in [0.2, 0.25) is 0 Å². The maximum Gasteiger partial charge on any atom is 0.275 e. The topological polar surface area (TPSA) is 32.4 Å². The van der Waals surface area contributed by atoms with Crippen LogP contribution in [0.15, 0.2) is 10.7 Å². The van der Waals surface area contributed by atoms with Crippen molar-refractivity contribution in [1.29, 1.82) is 0 Å². The molecule has 3 nitrogen and oxygen atoms in total. The molecule has 0 radical (unpaired) electrons. The Labute approximate surface area is 123 Å². The van der Waals surface area contributed by atoms with Crippen LogP contribution in [0.3, 0.4) is 0 Å². The molecule has 3 heteroatoms. The quantitative estimate of drug-likeness (QED) is 0.671. The van der Waals surface area contributed by atoms with Gasteiger partial charge < -0.3 is 0 Å². The number of rotatable bonds is 0. The molecule has 1 aromatic carbocycles. The number of nitroso groups, excluding NO2 is 1. The predicted molar refractivity (Wildman–Crippen MR) is 83.8 cm³/mol. The lowest BCUT2D eigenvalue weighted by Crippen LogP contribution is -2.31. The fraction of sp³-hybridized carbons (Fsp3) is 0.389. The van der Waals surface area contributed by atoms with Gasteiger partial charge in [0.2, 0.25) is 5.70 Å². The standard InChI is InChI=1S/C18H17N2O/c1-10-16-11-6-4-7-12(11)18-17(14(16)9-19-10)13-5-2-3-8-15(13)20(18)21/h6,9H,2-5,7-8H2,1H3/q+1. The van der Waals surface area contributed by atoms with E-state index >= 15 is 0 Å². The van der Waals surface area contributed by atoms with Crippen molar-refractivity contribution in [3.8, 4) is 0 Å². The molecular weight excluding hydrogens is 260 g/mol. The average molecular weight is 277 g/mol. The Morgan fingerprint density at radius 3 is 2.95 bits per heavy atom. The van der Waals surface area contributed by atoms with E-state index in [4.69, 9.17) is 0 Å². The van der Waals surface area contributed by atoms with Gasteiger partial charge in [0.1, 0.15) is 0 Å². The highest BCUT2D eigenvalue weighted by atomic mass is 16.3. The molecule has 0 saturated heterocycles. The SMILES string of the molecule is CC1=c2c(c3c(c4c2=CCC4)[N+](=O)C2=C3CCCC2)C=N1. The van der Waals surface area contributed by atoms with E-state index in [0.717, 1.165) is 49.2 Å². The highest BCUT2D eigenvalue weighted by Gasteiger charge is 2.44. The summed E-state index contributed by atoms with van der Waals surface area (Å²) in [5, 5.41) is 2.56. The normalized spacial score (nSPS) is 21.4. The Morgan fingerprint density at radius 1 is 1.19 bits per heavy atom. The number of hydrogen-bond donors (Lipinski definition) is 0. The van der Waals surface area contributed by atoms with Crippen LogP contribution in [0.5, 0.6) is 0 Å². The molecule has 2 aliphatic heterocycles. The summed E-state index contributed by atoms with van der Waals surface area (Å²) in [4.78, 5) is 17.4. The van der Waals surface area contributed by atoms with Gasteiger partial charge in [-0.2, -0.15) is 0 Å². The molecule has 1 aromatic rings. The van der Waals surface area contributed by atoms with Crippen LogP contribution < -0.4 is 10.4 Å². The van der Waals surface area contributed by atoms with Crippen molar-refractivity contribution in [3.05, 3.63) is 37.7 Å². The minimum absolute atomic E-state index is 0.931. The summed E-state index contributed by atoms with van der Waals surface area (Å²) in [7, 11) is 0. The number of benzene rings is 1. The van der Waals surface area contributed by atoms with E-state index < -0.39 is 0 Å². The highest BCUT2D eigenvalue weighted by Crippen LogP contribution is 2.47. The number of fused-ring (bicyclic) bond motifs is 7. The van der Waals surface area contributed by atoms with Crippen LogP contribution in [0, 0.1) is 4.91 Å². The molecule has 0 amide bonds. The lowest BCUT2D eigenvalue weighted by atomic mass is 9.88. The smallest absolute Gasteiger partial charge is 0.260 e. The maximum atomic E-state index is 12.9. The second-order valence-electron chi connectivity index (χ2n) is 6.42. The van der Waals surface area contributed by atoms with Crippen molar-refractivity contribution in [3.63, 3.8) is 0 Å².